The third kappa shape index (κ3) is 4.27. The molecule has 33 heavy (non-hydrogen) atoms. The number of carbonyl (C=O) groups excluding carboxylic acids is 1. The van der Waals surface area contributed by atoms with Gasteiger partial charge in [0.2, 0.25) is 0 Å². The van der Waals surface area contributed by atoms with Crippen molar-refractivity contribution in [2.75, 3.05) is 13.7 Å². The first kappa shape index (κ1) is 21.7. The van der Waals surface area contributed by atoms with Gasteiger partial charge in [-0.1, -0.05) is 30.3 Å². The van der Waals surface area contributed by atoms with Crippen LogP contribution in [0.4, 0.5) is 0 Å². The van der Waals surface area contributed by atoms with Crippen molar-refractivity contribution in [3.8, 4) is 6.07 Å². The van der Waals surface area contributed by atoms with Crippen LogP contribution in [-0.4, -0.2) is 30.1 Å². The molecular formula is C27H27N3O2S. The van der Waals surface area contributed by atoms with E-state index in [2.05, 4.69) is 46.7 Å². The lowest BCUT2D eigenvalue weighted by atomic mass is 9.83. The number of aromatic amines is 1. The van der Waals surface area contributed by atoms with Crippen molar-refractivity contribution in [1.29, 1.82) is 5.26 Å². The highest BCUT2D eigenvalue weighted by Crippen LogP contribution is 2.38. The summed E-state index contributed by atoms with van der Waals surface area (Å²) in [5.41, 5.74) is 4.38. The van der Waals surface area contributed by atoms with Crippen molar-refractivity contribution in [3.63, 3.8) is 0 Å². The normalized spacial score (nSPS) is 18.1. The first-order valence-electron chi connectivity index (χ1n) is 11.4. The van der Waals surface area contributed by atoms with Crippen LogP contribution in [0.2, 0.25) is 0 Å². The van der Waals surface area contributed by atoms with Crippen molar-refractivity contribution >= 4 is 38.3 Å². The number of hydrogen-bond donors (Lipinski definition) is 2. The predicted octanol–water partition coefficient (Wildman–Crippen LogP) is 5.53. The second kappa shape index (κ2) is 9.01. The van der Waals surface area contributed by atoms with Crippen LogP contribution >= 0.6 is 11.3 Å². The molecule has 6 heteroatoms. The van der Waals surface area contributed by atoms with Gasteiger partial charge in [0.05, 0.1) is 19.6 Å². The number of fused-ring (bicyclic) bond motifs is 2. The van der Waals surface area contributed by atoms with E-state index in [9.17, 15) is 4.79 Å². The topological polar surface area (TPSA) is 77.9 Å². The summed E-state index contributed by atoms with van der Waals surface area (Å²) >= 11 is 1.53. The fourth-order valence-corrected chi connectivity index (χ4v) is 6.28. The number of thiophene rings is 1. The molecule has 2 aromatic heterocycles. The molecule has 5 rings (SSSR count). The highest BCUT2D eigenvalue weighted by molar-refractivity contribution is 7.21. The Morgan fingerprint density at radius 3 is 2.91 bits per heavy atom. The summed E-state index contributed by atoms with van der Waals surface area (Å²) in [4.78, 5) is 16.9. The van der Waals surface area contributed by atoms with E-state index in [1.54, 1.807) is 0 Å². The number of methoxy groups -OCH3 is 1. The van der Waals surface area contributed by atoms with Crippen molar-refractivity contribution in [1.82, 2.24) is 10.3 Å². The molecule has 4 aromatic rings. The number of aromatic nitrogens is 1. The van der Waals surface area contributed by atoms with Crippen LogP contribution in [0.5, 0.6) is 0 Å². The van der Waals surface area contributed by atoms with Gasteiger partial charge in [0.1, 0.15) is 4.88 Å². The molecule has 0 saturated carbocycles. The minimum absolute atomic E-state index is 0.0458. The Balaban J connectivity index is 1.42. The molecule has 2 aromatic carbocycles. The second-order valence-electron chi connectivity index (χ2n) is 8.94. The Morgan fingerprint density at radius 1 is 1.24 bits per heavy atom. The maximum atomic E-state index is 12.6. The molecule has 2 N–H and O–H groups in total. The maximum Gasteiger partial charge on any atom is 0.348 e. The van der Waals surface area contributed by atoms with Crippen LogP contribution in [-0.2, 0) is 24.0 Å². The van der Waals surface area contributed by atoms with Crippen molar-refractivity contribution in [3.05, 3.63) is 70.2 Å². The van der Waals surface area contributed by atoms with E-state index in [0.29, 0.717) is 6.42 Å². The van der Waals surface area contributed by atoms with Gasteiger partial charge < -0.3 is 15.0 Å². The zero-order valence-corrected chi connectivity index (χ0v) is 19.6. The van der Waals surface area contributed by atoms with Crippen LogP contribution in [0, 0.1) is 11.3 Å². The number of hydrogen-bond acceptors (Lipinski definition) is 5. The molecule has 1 saturated heterocycles. The number of esters is 1. The lowest BCUT2D eigenvalue weighted by Crippen LogP contribution is -2.42. The van der Waals surface area contributed by atoms with E-state index in [1.165, 1.54) is 29.5 Å². The molecular weight excluding hydrogens is 430 g/mol. The van der Waals surface area contributed by atoms with Crippen LogP contribution < -0.4 is 5.32 Å². The molecule has 0 radical (unpaired) electrons. The minimum atomic E-state index is -0.247. The fraction of sp³-hybridized carbons (Fsp3) is 0.333. The van der Waals surface area contributed by atoms with E-state index >= 15 is 0 Å². The van der Waals surface area contributed by atoms with Crippen LogP contribution in [0.15, 0.2) is 48.5 Å². The molecule has 0 spiro atoms. The number of rotatable bonds is 7. The number of H-pyrrole nitrogens is 1. The van der Waals surface area contributed by atoms with E-state index in [1.807, 2.05) is 18.2 Å². The summed E-state index contributed by atoms with van der Waals surface area (Å²) in [6.45, 7) is 1.000. The standard InChI is InChI=1S/C27H27N3O2S/c1-32-26(31)25-22(21-5-2-3-6-24(21)33-25)17-27(11-4-14-29-27)12-9-20-16-19-8-7-18(10-13-28)15-23(19)30-20/h2-3,5-8,15-16,29-30H,4,9-12,14,17H2,1H3/t27-/m1/s1. The summed E-state index contributed by atoms with van der Waals surface area (Å²) in [7, 11) is 1.46. The van der Waals surface area contributed by atoms with Crippen LogP contribution in [0.1, 0.15) is 45.8 Å². The van der Waals surface area contributed by atoms with Crippen molar-refractivity contribution in [2.45, 2.75) is 44.1 Å². The Bertz CT molecular complexity index is 1350. The summed E-state index contributed by atoms with van der Waals surface area (Å²) in [5, 5.41) is 15.1. The molecule has 3 heterocycles. The van der Waals surface area contributed by atoms with Crippen molar-refractivity contribution < 1.29 is 9.53 Å². The van der Waals surface area contributed by atoms with E-state index < -0.39 is 0 Å². The number of aryl methyl sites for hydroxylation is 1. The van der Waals surface area contributed by atoms with Gasteiger partial charge in [0, 0.05) is 21.4 Å². The van der Waals surface area contributed by atoms with Gasteiger partial charge in [-0.25, -0.2) is 4.79 Å². The highest BCUT2D eigenvalue weighted by Gasteiger charge is 2.36. The van der Waals surface area contributed by atoms with Gasteiger partial charge in [-0.15, -0.1) is 11.3 Å². The number of nitrogens with zero attached hydrogens (tertiary/aromatic N) is 1. The maximum absolute atomic E-state index is 12.6. The number of ether oxygens (including phenoxy) is 1. The largest absolute Gasteiger partial charge is 0.465 e. The van der Waals surface area contributed by atoms with E-state index in [4.69, 9.17) is 10.00 Å². The third-order valence-corrected chi connectivity index (χ3v) is 8.01. The summed E-state index contributed by atoms with van der Waals surface area (Å²) < 4.78 is 6.25. The van der Waals surface area contributed by atoms with E-state index in [-0.39, 0.29) is 11.5 Å². The first-order chi connectivity index (χ1) is 16.1. The predicted molar refractivity (Wildman–Crippen MR) is 133 cm³/mol. The van der Waals surface area contributed by atoms with Gasteiger partial charge in [-0.2, -0.15) is 5.26 Å². The zero-order valence-electron chi connectivity index (χ0n) is 18.7. The SMILES string of the molecule is COC(=O)c1sc2ccccc2c1C[C@]1(CCc2cc3ccc(CC#N)cc3[nH]2)CCCN1. The van der Waals surface area contributed by atoms with Gasteiger partial charge in [0.15, 0.2) is 0 Å². The second-order valence-corrected chi connectivity index (χ2v) is 9.99. The van der Waals surface area contributed by atoms with Gasteiger partial charge in [-0.05, 0) is 78.7 Å². The van der Waals surface area contributed by atoms with Gasteiger partial charge in [0.25, 0.3) is 0 Å². The molecule has 1 fully saturated rings. The number of benzene rings is 2. The highest BCUT2D eigenvalue weighted by atomic mass is 32.1. The average Bonchev–Trinajstić information content (AvgIpc) is 3.55. The molecule has 0 amide bonds. The number of nitriles is 1. The summed E-state index contributed by atoms with van der Waals surface area (Å²) in [5.74, 6) is -0.247. The van der Waals surface area contributed by atoms with Crippen molar-refractivity contribution in [2.24, 2.45) is 0 Å². The Hall–Kier alpha value is -3.14. The van der Waals surface area contributed by atoms with Gasteiger partial charge >= 0.3 is 5.97 Å². The quantitative estimate of drug-likeness (QED) is 0.358. The Kier molecular flexibility index (Phi) is 5.92. The Labute approximate surface area is 197 Å². The summed E-state index contributed by atoms with van der Waals surface area (Å²) in [6.07, 6.45) is 5.37. The van der Waals surface area contributed by atoms with Gasteiger partial charge in [-0.3, -0.25) is 0 Å². The first-order valence-corrected chi connectivity index (χ1v) is 12.2. The number of carbonyl (C=O) groups is 1. The Morgan fingerprint density at radius 2 is 2.12 bits per heavy atom. The molecule has 0 aliphatic carbocycles. The smallest absolute Gasteiger partial charge is 0.348 e. The minimum Gasteiger partial charge on any atom is -0.465 e. The number of nitrogens with one attached hydrogen (secondary N) is 2. The molecule has 5 nitrogen and oxygen atoms in total. The molecule has 1 aliphatic rings. The monoisotopic (exact) mass is 457 g/mol. The lowest BCUT2D eigenvalue weighted by molar-refractivity contribution is 0.0605. The van der Waals surface area contributed by atoms with Crippen LogP contribution in [0.25, 0.3) is 21.0 Å². The third-order valence-electron chi connectivity index (χ3n) is 6.82. The molecule has 1 atom stereocenters. The van der Waals surface area contributed by atoms with Crippen LogP contribution in [0.3, 0.4) is 0 Å². The molecule has 0 unspecified atom stereocenters. The van der Waals surface area contributed by atoms with E-state index in [0.717, 1.165) is 70.3 Å². The molecule has 1 aliphatic heterocycles. The average molecular weight is 458 g/mol. The fourth-order valence-electron chi connectivity index (χ4n) is 5.14. The molecule has 168 valence electrons. The lowest BCUT2D eigenvalue weighted by Gasteiger charge is -2.30. The summed E-state index contributed by atoms with van der Waals surface area (Å²) in [6, 6.07) is 18.9. The molecule has 0 bridgehead atoms. The zero-order chi connectivity index (χ0) is 22.8.